The number of ketones is 1. The van der Waals surface area contributed by atoms with E-state index in [9.17, 15) is 22.8 Å². The fraction of sp³-hybridized carbons (Fsp3) is 0.438. The number of nitrogens with one attached hydrogen (secondary N) is 2. The molecular formula is C16H14F3N3O3. The van der Waals surface area contributed by atoms with Crippen molar-refractivity contribution in [1.82, 2.24) is 15.6 Å². The van der Waals surface area contributed by atoms with E-state index >= 15 is 0 Å². The molecule has 0 radical (unpaired) electrons. The van der Waals surface area contributed by atoms with Crippen LogP contribution in [0.4, 0.5) is 13.2 Å². The molecule has 132 valence electrons. The topological polar surface area (TPSA) is 84.2 Å². The van der Waals surface area contributed by atoms with Crippen LogP contribution in [0, 0.1) is 0 Å². The molecule has 6 nitrogen and oxygen atoms in total. The van der Waals surface area contributed by atoms with Gasteiger partial charge in [-0.1, -0.05) is 0 Å². The van der Waals surface area contributed by atoms with Crippen LogP contribution in [0.2, 0.25) is 0 Å². The largest absolute Gasteiger partial charge is 0.458 e. The van der Waals surface area contributed by atoms with Crippen molar-refractivity contribution >= 4 is 22.7 Å². The Hall–Kier alpha value is -2.42. The molecule has 3 atom stereocenters. The average molecular weight is 353 g/mol. The Morgan fingerprint density at radius 3 is 2.72 bits per heavy atom. The first kappa shape index (κ1) is 16.1. The maximum absolute atomic E-state index is 12.5. The first-order chi connectivity index (χ1) is 11.8. The maximum atomic E-state index is 12.5. The number of fused-ring (bicyclic) bond motifs is 3. The van der Waals surface area contributed by atoms with Gasteiger partial charge in [-0.15, -0.1) is 0 Å². The number of halogens is 3. The van der Waals surface area contributed by atoms with Crippen LogP contribution in [-0.4, -0.2) is 41.0 Å². The van der Waals surface area contributed by atoms with Crippen LogP contribution < -0.4 is 10.6 Å². The van der Waals surface area contributed by atoms with Gasteiger partial charge in [0.25, 0.3) is 5.91 Å². The Kier molecular flexibility index (Phi) is 3.57. The maximum Gasteiger partial charge on any atom is 0.458 e. The first-order valence-corrected chi connectivity index (χ1v) is 7.89. The molecule has 0 aromatic carbocycles. The number of rotatable bonds is 3. The monoisotopic (exact) mass is 353 g/mol. The van der Waals surface area contributed by atoms with Crippen molar-refractivity contribution in [2.45, 2.75) is 43.6 Å². The number of furan rings is 1. The lowest BCUT2D eigenvalue weighted by Gasteiger charge is -2.21. The molecule has 2 aromatic rings. The van der Waals surface area contributed by atoms with Crippen molar-refractivity contribution in [2.75, 3.05) is 0 Å². The number of nitrogens with zero attached hydrogens (tertiary/aromatic N) is 1. The Morgan fingerprint density at radius 2 is 2.08 bits per heavy atom. The zero-order chi connectivity index (χ0) is 17.8. The van der Waals surface area contributed by atoms with Gasteiger partial charge in [0, 0.05) is 35.8 Å². The number of amides is 1. The van der Waals surface area contributed by atoms with Gasteiger partial charge in [-0.2, -0.15) is 13.2 Å². The highest BCUT2D eigenvalue weighted by molar-refractivity contribution is 6.02. The number of carbonyl (C=O) groups excluding carboxylic acids is 2. The van der Waals surface area contributed by atoms with Crippen molar-refractivity contribution in [3.05, 3.63) is 29.8 Å². The van der Waals surface area contributed by atoms with Crippen LogP contribution in [0.15, 0.2) is 22.7 Å². The SMILES string of the molecule is O=C(N[C@@H]1C[C@H]2CC[C@@H]1N2)c1cc2oc(C(=O)C(F)(F)F)cc2cn1. The predicted octanol–water partition coefficient (Wildman–Crippen LogP) is 2.20. The number of hydrogen-bond acceptors (Lipinski definition) is 5. The number of aromatic nitrogens is 1. The lowest BCUT2D eigenvalue weighted by atomic mass is 9.95. The van der Waals surface area contributed by atoms with Gasteiger partial charge in [-0.3, -0.25) is 14.6 Å². The van der Waals surface area contributed by atoms with E-state index in [0.29, 0.717) is 6.04 Å². The highest BCUT2D eigenvalue weighted by Gasteiger charge is 2.42. The third-order valence-corrected chi connectivity index (χ3v) is 4.73. The number of pyridine rings is 1. The summed E-state index contributed by atoms with van der Waals surface area (Å²) in [6, 6.07) is 2.91. The zero-order valence-electron chi connectivity index (χ0n) is 12.9. The lowest BCUT2D eigenvalue weighted by Crippen LogP contribution is -2.43. The van der Waals surface area contributed by atoms with Crippen LogP contribution in [-0.2, 0) is 0 Å². The Bertz CT molecular complexity index is 861. The molecule has 2 aromatic heterocycles. The third kappa shape index (κ3) is 2.88. The smallest absolute Gasteiger partial charge is 0.452 e. The van der Waals surface area contributed by atoms with Gasteiger partial charge in [0.2, 0.25) is 0 Å². The highest BCUT2D eigenvalue weighted by atomic mass is 19.4. The molecule has 0 spiro atoms. The van der Waals surface area contributed by atoms with Crippen LogP contribution in [0.3, 0.4) is 0 Å². The fourth-order valence-electron chi connectivity index (χ4n) is 3.54. The van der Waals surface area contributed by atoms with Crippen molar-refractivity contribution < 1.29 is 27.2 Å². The average Bonchev–Trinajstić information content (AvgIpc) is 3.26. The molecule has 4 heterocycles. The summed E-state index contributed by atoms with van der Waals surface area (Å²) >= 11 is 0. The summed E-state index contributed by atoms with van der Waals surface area (Å²) in [5.74, 6) is -3.30. The normalized spacial score (nSPS) is 25.5. The van der Waals surface area contributed by atoms with E-state index in [-0.39, 0.29) is 28.7 Å². The van der Waals surface area contributed by atoms with E-state index in [4.69, 9.17) is 4.42 Å². The second-order valence-electron chi connectivity index (χ2n) is 6.41. The van der Waals surface area contributed by atoms with Gasteiger partial charge in [0.05, 0.1) is 0 Å². The number of Topliss-reactive ketones (excluding diaryl/α,β-unsaturated/α-hetero) is 1. The zero-order valence-corrected chi connectivity index (χ0v) is 12.9. The Morgan fingerprint density at radius 1 is 1.28 bits per heavy atom. The molecule has 0 unspecified atom stereocenters. The van der Waals surface area contributed by atoms with E-state index in [2.05, 4.69) is 15.6 Å². The summed E-state index contributed by atoms with van der Waals surface area (Å²) in [4.78, 5) is 27.5. The molecule has 25 heavy (non-hydrogen) atoms. The number of carbonyl (C=O) groups is 2. The lowest BCUT2D eigenvalue weighted by molar-refractivity contribution is -0.0898. The van der Waals surface area contributed by atoms with E-state index in [1.165, 1.54) is 12.3 Å². The first-order valence-electron chi connectivity index (χ1n) is 7.89. The van der Waals surface area contributed by atoms with Crippen molar-refractivity contribution in [2.24, 2.45) is 0 Å². The molecule has 2 aliphatic heterocycles. The summed E-state index contributed by atoms with van der Waals surface area (Å²) in [5.41, 5.74) is 0.0504. The van der Waals surface area contributed by atoms with Crippen LogP contribution >= 0.6 is 0 Å². The third-order valence-electron chi connectivity index (χ3n) is 4.73. The van der Waals surface area contributed by atoms with Crippen LogP contribution in [0.1, 0.15) is 40.3 Å². The van der Waals surface area contributed by atoms with Gasteiger partial charge in [-0.05, 0) is 25.3 Å². The Labute approximate surface area is 139 Å². The van der Waals surface area contributed by atoms with Gasteiger partial charge >= 0.3 is 12.0 Å². The van der Waals surface area contributed by atoms with E-state index in [1.807, 2.05) is 0 Å². The van der Waals surface area contributed by atoms with E-state index < -0.39 is 23.6 Å². The molecule has 0 aliphatic carbocycles. The van der Waals surface area contributed by atoms with Crippen LogP contribution in [0.25, 0.3) is 11.0 Å². The molecular weight excluding hydrogens is 339 g/mol. The second-order valence-corrected chi connectivity index (χ2v) is 6.41. The summed E-state index contributed by atoms with van der Waals surface area (Å²) in [7, 11) is 0. The molecule has 2 aliphatic rings. The molecule has 1 amide bonds. The minimum absolute atomic E-state index is 0.0128. The molecule has 2 N–H and O–H groups in total. The molecule has 0 saturated carbocycles. The summed E-state index contributed by atoms with van der Waals surface area (Å²) < 4.78 is 42.4. The summed E-state index contributed by atoms with van der Waals surface area (Å²) in [5, 5.41) is 6.52. The summed E-state index contributed by atoms with van der Waals surface area (Å²) in [6.07, 6.45) is -0.841. The van der Waals surface area contributed by atoms with E-state index in [0.717, 1.165) is 25.3 Å². The molecule has 2 fully saturated rings. The van der Waals surface area contributed by atoms with Crippen molar-refractivity contribution in [3.63, 3.8) is 0 Å². The molecule has 4 rings (SSSR count). The van der Waals surface area contributed by atoms with Gasteiger partial charge in [0.1, 0.15) is 11.3 Å². The highest BCUT2D eigenvalue weighted by Crippen LogP contribution is 2.29. The summed E-state index contributed by atoms with van der Waals surface area (Å²) in [6.45, 7) is 0. The van der Waals surface area contributed by atoms with Crippen molar-refractivity contribution in [3.8, 4) is 0 Å². The molecule has 2 saturated heterocycles. The van der Waals surface area contributed by atoms with E-state index in [1.54, 1.807) is 0 Å². The van der Waals surface area contributed by atoms with Gasteiger partial charge < -0.3 is 15.1 Å². The molecule has 9 heteroatoms. The minimum atomic E-state index is -5.02. The van der Waals surface area contributed by atoms with Gasteiger partial charge in [0.15, 0.2) is 5.76 Å². The Balaban J connectivity index is 1.54. The fourth-order valence-corrected chi connectivity index (χ4v) is 3.54. The van der Waals surface area contributed by atoms with Gasteiger partial charge in [-0.25, -0.2) is 0 Å². The number of hydrogen-bond donors (Lipinski definition) is 2. The molecule has 2 bridgehead atoms. The quantitative estimate of drug-likeness (QED) is 0.827. The van der Waals surface area contributed by atoms with Crippen LogP contribution in [0.5, 0.6) is 0 Å². The second kappa shape index (κ2) is 5.55. The minimum Gasteiger partial charge on any atom is -0.452 e. The number of alkyl halides is 3. The van der Waals surface area contributed by atoms with Crippen molar-refractivity contribution in [1.29, 1.82) is 0 Å². The predicted molar refractivity (Wildman–Crippen MR) is 80.2 cm³/mol. The standard InChI is InChI=1S/C16H14F3N3O3/c17-16(18,19)14(23)13-3-7-6-20-11(5-12(7)25-13)15(24)22-10-4-8-1-2-9(10)21-8/h3,5-6,8-10,21H,1-2,4H2,(H,22,24)/t8-,9+,10-/m1/s1.